The molecule has 0 fully saturated rings. The molecule has 0 unspecified atom stereocenters. The van der Waals surface area contributed by atoms with Crippen molar-refractivity contribution < 1.29 is 0 Å². The molecule has 0 aliphatic rings. The quantitative estimate of drug-likeness (QED) is 0.779. The molecular weight excluding hydrogens is 188 g/mol. The Morgan fingerprint density at radius 2 is 1.87 bits per heavy atom. The van der Waals surface area contributed by atoms with E-state index in [2.05, 4.69) is 10.3 Å². The molecule has 0 aliphatic carbocycles. The van der Waals surface area contributed by atoms with Crippen molar-refractivity contribution >= 4 is 5.69 Å². The van der Waals surface area contributed by atoms with Gasteiger partial charge in [0.2, 0.25) is 0 Å². The largest absolute Gasteiger partial charge is 0.384 e. The van der Waals surface area contributed by atoms with Crippen LogP contribution >= 0.6 is 0 Å². The summed E-state index contributed by atoms with van der Waals surface area (Å²) in [5.74, 6) is 0. The lowest BCUT2D eigenvalue weighted by molar-refractivity contribution is 1.23. The summed E-state index contributed by atoms with van der Waals surface area (Å²) < 4.78 is 0. The van der Waals surface area contributed by atoms with Gasteiger partial charge in [-0.25, -0.2) is 0 Å². The van der Waals surface area contributed by atoms with E-state index in [1.807, 2.05) is 36.4 Å². The summed E-state index contributed by atoms with van der Waals surface area (Å²) >= 11 is 0. The Morgan fingerprint density at radius 1 is 1.13 bits per heavy atom. The number of aromatic nitrogens is 1. The zero-order chi connectivity index (χ0) is 10.7. The van der Waals surface area contributed by atoms with Crippen LogP contribution in [0.15, 0.2) is 47.4 Å². The van der Waals surface area contributed by atoms with Gasteiger partial charge in [0.15, 0.2) is 0 Å². The number of rotatable bonds is 2. The van der Waals surface area contributed by atoms with Gasteiger partial charge in [0, 0.05) is 18.8 Å². The third-order valence-electron chi connectivity index (χ3n) is 2.28. The molecule has 0 amide bonds. The molecule has 2 aromatic rings. The maximum absolute atomic E-state index is 11.3. The van der Waals surface area contributed by atoms with Crippen LogP contribution in [-0.2, 0) is 0 Å². The molecule has 0 radical (unpaired) electrons. The van der Waals surface area contributed by atoms with Crippen LogP contribution in [0, 0.1) is 0 Å². The first kappa shape index (κ1) is 9.52. The minimum Gasteiger partial charge on any atom is -0.384 e. The molecule has 1 aromatic carbocycles. The maximum atomic E-state index is 11.3. The molecule has 3 nitrogen and oxygen atoms in total. The second-order valence-corrected chi connectivity index (χ2v) is 3.25. The van der Waals surface area contributed by atoms with Crippen molar-refractivity contribution in [1.29, 1.82) is 0 Å². The van der Waals surface area contributed by atoms with Crippen molar-refractivity contribution in [3.8, 4) is 11.1 Å². The molecule has 0 spiro atoms. The molecule has 2 N–H and O–H groups in total. The Kier molecular flexibility index (Phi) is 2.54. The molecule has 3 heteroatoms. The third kappa shape index (κ3) is 1.91. The lowest BCUT2D eigenvalue weighted by atomic mass is 10.1. The molecular formula is C12H12N2O. The maximum Gasteiger partial charge on any atom is 0.271 e. The van der Waals surface area contributed by atoms with Gasteiger partial charge in [0.25, 0.3) is 5.56 Å². The molecule has 0 saturated carbocycles. The lowest BCUT2D eigenvalue weighted by Crippen LogP contribution is -2.10. The van der Waals surface area contributed by atoms with Crippen molar-refractivity contribution in [1.82, 2.24) is 4.98 Å². The second kappa shape index (κ2) is 4.00. The van der Waals surface area contributed by atoms with Gasteiger partial charge in [-0.15, -0.1) is 0 Å². The molecule has 15 heavy (non-hydrogen) atoms. The van der Waals surface area contributed by atoms with E-state index in [0.717, 1.165) is 11.1 Å². The number of hydrogen-bond acceptors (Lipinski definition) is 2. The van der Waals surface area contributed by atoms with Crippen LogP contribution in [0.4, 0.5) is 5.69 Å². The monoisotopic (exact) mass is 200 g/mol. The van der Waals surface area contributed by atoms with Crippen molar-refractivity contribution in [2.45, 2.75) is 0 Å². The lowest BCUT2D eigenvalue weighted by Gasteiger charge is -2.03. The van der Waals surface area contributed by atoms with Gasteiger partial charge in [0.1, 0.15) is 5.69 Å². The molecule has 0 bridgehead atoms. The summed E-state index contributed by atoms with van der Waals surface area (Å²) in [6.07, 6.45) is 1.72. The standard InChI is InChI=1S/C12H12N2O/c1-13-11-7-10(8-14-12(11)15)9-5-3-2-4-6-9/h2-8,13H,1H3,(H,14,15). The number of anilines is 1. The number of hydrogen-bond donors (Lipinski definition) is 2. The average Bonchev–Trinajstić information content (AvgIpc) is 2.31. The number of nitrogens with one attached hydrogen (secondary N) is 2. The highest BCUT2D eigenvalue weighted by molar-refractivity contribution is 5.66. The predicted octanol–water partition coefficient (Wildman–Crippen LogP) is 2.08. The fourth-order valence-corrected chi connectivity index (χ4v) is 1.47. The Labute approximate surface area is 87.8 Å². The highest BCUT2D eigenvalue weighted by Gasteiger charge is 2.00. The average molecular weight is 200 g/mol. The zero-order valence-corrected chi connectivity index (χ0v) is 8.45. The molecule has 0 saturated heterocycles. The predicted molar refractivity (Wildman–Crippen MR) is 62.0 cm³/mol. The Hall–Kier alpha value is -2.03. The van der Waals surface area contributed by atoms with Gasteiger partial charge >= 0.3 is 0 Å². The minimum atomic E-state index is -0.0998. The summed E-state index contributed by atoms with van der Waals surface area (Å²) in [6.45, 7) is 0. The van der Waals surface area contributed by atoms with E-state index in [4.69, 9.17) is 0 Å². The van der Waals surface area contributed by atoms with Crippen LogP contribution in [0.5, 0.6) is 0 Å². The van der Waals surface area contributed by atoms with E-state index in [0.29, 0.717) is 5.69 Å². The molecule has 2 rings (SSSR count). The van der Waals surface area contributed by atoms with Crippen LogP contribution in [0.3, 0.4) is 0 Å². The summed E-state index contributed by atoms with van der Waals surface area (Å²) in [4.78, 5) is 14.0. The number of aromatic amines is 1. The van der Waals surface area contributed by atoms with Crippen molar-refractivity contribution in [2.75, 3.05) is 12.4 Å². The zero-order valence-electron chi connectivity index (χ0n) is 8.45. The smallest absolute Gasteiger partial charge is 0.271 e. The Balaban J connectivity index is 2.51. The summed E-state index contributed by atoms with van der Waals surface area (Å²) in [5.41, 5.74) is 2.57. The first-order valence-corrected chi connectivity index (χ1v) is 4.77. The van der Waals surface area contributed by atoms with Crippen molar-refractivity contribution in [3.63, 3.8) is 0 Å². The fraction of sp³-hybridized carbons (Fsp3) is 0.0833. The molecule has 1 heterocycles. The molecule has 0 atom stereocenters. The normalized spacial score (nSPS) is 9.93. The van der Waals surface area contributed by atoms with E-state index in [1.165, 1.54) is 0 Å². The topological polar surface area (TPSA) is 44.9 Å². The van der Waals surface area contributed by atoms with E-state index in [1.54, 1.807) is 13.2 Å². The van der Waals surface area contributed by atoms with Crippen LogP contribution in [-0.4, -0.2) is 12.0 Å². The first-order valence-electron chi connectivity index (χ1n) is 4.77. The van der Waals surface area contributed by atoms with Crippen molar-refractivity contribution in [2.24, 2.45) is 0 Å². The summed E-state index contributed by atoms with van der Waals surface area (Å²) in [6, 6.07) is 11.8. The summed E-state index contributed by atoms with van der Waals surface area (Å²) in [7, 11) is 1.74. The van der Waals surface area contributed by atoms with E-state index >= 15 is 0 Å². The highest BCUT2D eigenvalue weighted by Crippen LogP contribution is 2.18. The Bertz CT molecular complexity index is 503. The van der Waals surface area contributed by atoms with Crippen LogP contribution in [0.1, 0.15) is 0 Å². The molecule has 1 aromatic heterocycles. The number of H-pyrrole nitrogens is 1. The second-order valence-electron chi connectivity index (χ2n) is 3.25. The third-order valence-corrected chi connectivity index (χ3v) is 2.28. The van der Waals surface area contributed by atoms with Gasteiger partial charge in [-0.1, -0.05) is 30.3 Å². The first-order chi connectivity index (χ1) is 7.31. The number of pyridine rings is 1. The van der Waals surface area contributed by atoms with Crippen LogP contribution < -0.4 is 10.9 Å². The van der Waals surface area contributed by atoms with Crippen LogP contribution in [0.25, 0.3) is 11.1 Å². The van der Waals surface area contributed by atoms with Gasteiger partial charge < -0.3 is 10.3 Å². The summed E-state index contributed by atoms with van der Waals surface area (Å²) in [5, 5.41) is 2.86. The van der Waals surface area contributed by atoms with Gasteiger partial charge in [-0.05, 0) is 11.6 Å². The Morgan fingerprint density at radius 3 is 2.53 bits per heavy atom. The molecule has 0 aliphatic heterocycles. The fourth-order valence-electron chi connectivity index (χ4n) is 1.47. The van der Waals surface area contributed by atoms with Gasteiger partial charge in [0.05, 0.1) is 0 Å². The van der Waals surface area contributed by atoms with E-state index in [9.17, 15) is 4.79 Å². The van der Waals surface area contributed by atoms with E-state index < -0.39 is 0 Å². The minimum absolute atomic E-state index is 0.0998. The number of benzene rings is 1. The van der Waals surface area contributed by atoms with Crippen LogP contribution in [0.2, 0.25) is 0 Å². The van der Waals surface area contributed by atoms with Gasteiger partial charge in [-0.3, -0.25) is 4.79 Å². The van der Waals surface area contributed by atoms with Gasteiger partial charge in [-0.2, -0.15) is 0 Å². The SMILES string of the molecule is CNc1cc(-c2ccccc2)c[nH]c1=O. The highest BCUT2D eigenvalue weighted by atomic mass is 16.1. The van der Waals surface area contributed by atoms with E-state index in [-0.39, 0.29) is 5.56 Å². The molecule has 76 valence electrons. The van der Waals surface area contributed by atoms with Crippen molar-refractivity contribution in [3.05, 3.63) is 52.9 Å².